The summed E-state index contributed by atoms with van der Waals surface area (Å²) in [5.74, 6) is 0.0231. The Kier molecular flexibility index (Phi) is 6.12. The first-order valence-corrected chi connectivity index (χ1v) is 10.3. The van der Waals surface area contributed by atoms with E-state index in [9.17, 15) is 4.79 Å². The third-order valence-corrected chi connectivity index (χ3v) is 5.53. The van der Waals surface area contributed by atoms with Crippen molar-refractivity contribution < 1.29 is 9.53 Å². The standard InChI is InChI=1S/C23H29N3O2/c27-23(17-19-7-9-21(10-8-19)26-13-15-28-16-14-26)24-20-5-4-6-22(18-20)25-11-2-1-3-12-25/h4-10,18H,1-3,11-17H2,(H,24,27). The Bertz CT molecular complexity index is 779. The van der Waals surface area contributed by atoms with Gasteiger partial charge in [-0.05, 0) is 55.2 Å². The van der Waals surface area contributed by atoms with Gasteiger partial charge in [-0.3, -0.25) is 4.79 Å². The molecule has 1 N–H and O–H groups in total. The number of anilines is 3. The Labute approximate surface area is 167 Å². The van der Waals surface area contributed by atoms with Gasteiger partial charge in [0.25, 0.3) is 0 Å². The van der Waals surface area contributed by atoms with Crippen LogP contribution in [0.2, 0.25) is 0 Å². The lowest BCUT2D eigenvalue weighted by atomic mass is 10.1. The van der Waals surface area contributed by atoms with E-state index < -0.39 is 0 Å². The van der Waals surface area contributed by atoms with E-state index in [1.54, 1.807) is 0 Å². The van der Waals surface area contributed by atoms with E-state index in [0.29, 0.717) is 6.42 Å². The number of carbonyl (C=O) groups excluding carboxylic acids is 1. The highest BCUT2D eigenvalue weighted by molar-refractivity contribution is 5.92. The number of hydrogen-bond acceptors (Lipinski definition) is 4. The van der Waals surface area contributed by atoms with Crippen molar-refractivity contribution in [3.63, 3.8) is 0 Å². The van der Waals surface area contributed by atoms with Crippen LogP contribution in [0, 0.1) is 0 Å². The van der Waals surface area contributed by atoms with Crippen molar-refractivity contribution in [2.45, 2.75) is 25.7 Å². The van der Waals surface area contributed by atoms with Crippen molar-refractivity contribution in [2.75, 3.05) is 54.5 Å². The Morgan fingerprint density at radius 2 is 1.57 bits per heavy atom. The zero-order valence-corrected chi connectivity index (χ0v) is 16.4. The third-order valence-electron chi connectivity index (χ3n) is 5.53. The number of nitrogens with zero attached hydrogens (tertiary/aromatic N) is 2. The van der Waals surface area contributed by atoms with Crippen LogP contribution in [-0.2, 0) is 16.0 Å². The second-order valence-corrected chi connectivity index (χ2v) is 7.59. The molecular formula is C23H29N3O2. The van der Waals surface area contributed by atoms with E-state index >= 15 is 0 Å². The van der Waals surface area contributed by atoms with Crippen LogP contribution in [0.3, 0.4) is 0 Å². The van der Waals surface area contributed by atoms with Crippen molar-refractivity contribution in [1.29, 1.82) is 0 Å². The fraction of sp³-hybridized carbons (Fsp3) is 0.435. The number of carbonyl (C=O) groups is 1. The quantitative estimate of drug-likeness (QED) is 0.861. The molecule has 2 fully saturated rings. The molecule has 0 atom stereocenters. The van der Waals surface area contributed by atoms with Gasteiger partial charge >= 0.3 is 0 Å². The number of ether oxygens (including phenoxy) is 1. The van der Waals surface area contributed by atoms with Crippen molar-refractivity contribution in [3.05, 3.63) is 54.1 Å². The van der Waals surface area contributed by atoms with Gasteiger partial charge < -0.3 is 19.9 Å². The summed E-state index contributed by atoms with van der Waals surface area (Å²) in [4.78, 5) is 17.2. The van der Waals surface area contributed by atoms with Gasteiger partial charge in [0.2, 0.25) is 5.91 Å². The Hall–Kier alpha value is -2.53. The molecule has 0 aromatic heterocycles. The van der Waals surface area contributed by atoms with Gasteiger partial charge in [0.15, 0.2) is 0 Å². The van der Waals surface area contributed by atoms with E-state index in [2.05, 4.69) is 51.5 Å². The van der Waals surface area contributed by atoms with Crippen LogP contribution in [-0.4, -0.2) is 45.3 Å². The Morgan fingerprint density at radius 1 is 0.857 bits per heavy atom. The lowest BCUT2D eigenvalue weighted by Crippen LogP contribution is -2.36. The maximum Gasteiger partial charge on any atom is 0.228 e. The van der Waals surface area contributed by atoms with Crippen molar-refractivity contribution in [2.24, 2.45) is 0 Å². The molecule has 2 saturated heterocycles. The van der Waals surface area contributed by atoms with Crippen LogP contribution in [0.5, 0.6) is 0 Å². The average Bonchev–Trinajstić information content (AvgIpc) is 2.76. The SMILES string of the molecule is O=C(Cc1ccc(N2CCOCC2)cc1)Nc1cccc(N2CCCCC2)c1. The number of amides is 1. The monoisotopic (exact) mass is 379 g/mol. The van der Waals surface area contributed by atoms with E-state index in [0.717, 1.165) is 50.6 Å². The zero-order chi connectivity index (χ0) is 19.2. The first-order valence-electron chi connectivity index (χ1n) is 10.3. The number of benzene rings is 2. The molecule has 2 aliphatic heterocycles. The fourth-order valence-electron chi connectivity index (χ4n) is 3.97. The molecule has 148 valence electrons. The summed E-state index contributed by atoms with van der Waals surface area (Å²) >= 11 is 0. The van der Waals surface area contributed by atoms with E-state index in [1.807, 2.05) is 12.1 Å². The topological polar surface area (TPSA) is 44.8 Å². The number of piperidine rings is 1. The second-order valence-electron chi connectivity index (χ2n) is 7.59. The van der Waals surface area contributed by atoms with Crippen molar-refractivity contribution in [3.8, 4) is 0 Å². The summed E-state index contributed by atoms with van der Waals surface area (Å²) in [6.45, 7) is 5.61. The molecular weight excluding hydrogens is 350 g/mol. The summed E-state index contributed by atoms with van der Waals surface area (Å²) in [6.07, 6.45) is 4.20. The Morgan fingerprint density at radius 3 is 2.32 bits per heavy atom. The van der Waals surface area contributed by atoms with E-state index in [-0.39, 0.29) is 5.91 Å². The molecule has 5 nitrogen and oxygen atoms in total. The lowest BCUT2D eigenvalue weighted by Gasteiger charge is -2.29. The van der Waals surface area contributed by atoms with Crippen molar-refractivity contribution in [1.82, 2.24) is 0 Å². The number of rotatable bonds is 5. The molecule has 2 aliphatic rings. The maximum absolute atomic E-state index is 12.5. The molecule has 2 aromatic carbocycles. The molecule has 0 aliphatic carbocycles. The van der Waals surface area contributed by atoms with Crippen LogP contribution < -0.4 is 15.1 Å². The fourth-order valence-corrected chi connectivity index (χ4v) is 3.97. The zero-order valence-electron chi connectivity index (χ0n) is 16.4. The smallest absolute Gasteiger partial charge is 0.228 e. The largest absolute Gasteiger partial charge is 0.378 e. The minimum Gasteiger partial charge on any atom is -0.378 e. The predicted octanol–water partition coefficient (Wildman–Crippen LogP) is 3.69. The van der Waals surface area contributed by atoms with Gasteiger partial charge in [-0.15, -0.1) is 0 Å². The lowest BCUT2D eigenvalue weighted by molar-refractivity contribution is -0.115. The van der Waals surface area contributed by atoms with E-state index in [4.69, 9.17) is 4.74 Å². The average molecular weight is 380 g/mol. The summed E-state index contributed by atoms with van der Waals surface area (Å²) in [7, 11) is 0. The van der Waals surface area contributed by atoms with Crippen LogP contribution in [0.15, 0.2) is 48.5 Å². The van der Waals surface area contributed by atoms with E-state index in [1.165, 1.54) is 30.6 Å². The van der Waals surface area contributed by atoms with Crippen LogP contribution in [0.25, 0.3) is 0 Å². The number of hydrogen-bond donors (Lipinski definition) is 1. The normalized spacial score (nSPS) is 17.4. The molecule has 0 unspecified atom stereocenters. The second kappa shape index (κ2) is 9.11. The van der Waals surface area contributed by atoms with Crippen LogP contribution in [0.1, 0.15) is 24.8 Å². The molecule has 2 aromatic rings. The summed E-state index contributed by atoms with van der Waals surface area (Å²) in [6, 6.07) is 16.5. The van der Waals surface area contributed by atoms with Gasteiger partial charge in [-0.25, -0.2) is 0 Å². The maximum atomic E-state index is 12.5. The van der Waals surface area contributed by atoms with Gasteiger partial charge in [0.1, 0.15) is 0 Å². The van der Waals surface area contributed by atoms with Gasteiger partial charge in [0.05, 0.1) is 19.6 Å². The van der Waals surface area contributed by atoms with Crippen LogP contribution in [0.4, 0.5) is 17.1 Å². The minimum atomic E-state index is 0.0231. The summed E-state index contributed by atoms with van der Waals surface area (Å²) < 4.78 is 5.40. The highest BCUT2D eigenvalue weighted by Gasteiger charge is 2.13. The first-order chi connectivity index (χ1) is 13.8. The molecule has 1 amide bonds. The summed E-state index contributed by atoms with van der Waals surface area (Å²) in [5, 5.41) is 3.06. The third kappa shape index (κ3) is 4.84. The van der Waals surface area contributed by atoms with Crippen LogP contribution >= 0.6 is 0 Å². The molecule has 0 bridgehead atoms. The number of nitrogens with one attached hydrogen (secondary N) is 1. The predicted molar refractivity (Wildman–Crippen MR) is 114 cm³/mol. The van der Waals surface area contributed by atoms with Gasteiger partial charge in [0, 0.05) is 43.2 Å². The van der Waals surface area contributed by atoms with Crippen molar-refractivity contribution >= 4 is 23.0 Å². The molecule has 0 radical (unpaired) electrons. The highest BCUT2D eigenvalue weighted by atomic mass is 16.5. The minimum absolute atomic E-state index is 0.0231. The molecule has 28 heavy (non-hydrogen) atoms. The molecule has 2 heterocycles. The number of morpholine rings is 1. The highest BCUT2D eigenvalue weighted by Crippen LogP contribution is 2.23. The molecule has 0 saturated carbocycles. The van der Waals surface area contributed by atoms with Gasteiger partial charge in [-0.2, -0.15) is 0 Å². The molecule has 0 spiro atoms. The molecule has 5 heteroatoms. The first kappa shape index (κ1) is 18.8. The Balaban J connectivity index is 1.34. The molecule has 4 rings (SSSR count). The van der Waals surface area contributed by atoms with Gasteiger partial charge in [-0.1, -0.05) is 18.2 Å². The summed E-state index contributed by atoms with van der Waals surface area (Å²) in [5.41, 5.74) is 4.30.